The van der Waals surface area contributed by atoms with Gasteiger partial charge in [0.15, 0.2) is 5.69 Å². The predicted molar refractivity (Wildman–Crippen MR) is 99.7 cm³/mol. The first-order chi connectivity index (χ1) is 13.3. The van der Waals surface area contributed by atoms with E-state index in [0.717, 1.165) is 11.9 Å². The largest absolute Gasteiger partial charge is 0.492 e. The van der Waals surface area contributed by atoms with E-state index >= 15 is 0 Å². The number of nitrogens with two attached hydrogens (primary N) is 1. The normalized spacial score (nSPS) is 10.8. The minimum absolute atomic E-state index is 0.203. The minimum Gasteiger partial charge on any atom is -0.492 e. The molecular formula is C19H17ClF3N3O2. The Morgan fingerprint density at radius 3 is 2.14 bits per heavy atom. The summed E-state index contributed by atoms with van der Waals surface area (Å²) in [7, 11) is 0. The van der Waals surface area contributed by atoms with Gasteiger partial charge in [-0.05, 0) is 35.9 Å². The van der Waals surface area contributed by atoms with E-state index in [9.17, 15) is 18.0 Å². The highest BCUT2D eigenvalue weighted by Gasteiger charge is 2.40. The molecule has 0 aliphatic carbocycles. The van der Waals surface area contributed by atoms with E-state index in [0.29, 0.717) is 17.8 Å². The van der Waals surface area contributed by atoms with Crippen LogP contribution in [0, 0.1) is 0 Å². The van der Waals surface area contributed by atoms with Crippen LogP contribution in [0.1, 0.15) is 16.1 Å². The lowest BCUT2D eigenvalue weighted by Gasteiger charge is -2.11. The van der Waals surface area contributed by atoms with Gasteiger partial charge < -0.3 is 10.5 Å². The zero-order valence-corrected chi connectivity index (χ0v) is 15.3. The Morgan fingerprint density at radius 2 is 1.64 bits per heavy atom. The van der Waals surface area contributed by atoms with Crippen molar-refractivity contribution in [2.45, 2.75) is 6.18 Å². The molecule has 0 fully saturated rings. The van der Waals surface area contributed by atoms with E-state index in [1.807, 2.05) is 30.3 Å². The highest BCUT2D eigenvalue weighted by molar-refractivity contribution is 6.67. The van der Waals surface area contributed by atoms with E-state index in [2.05, 4.69) is 5.10 Å². The SMILES string of the molecule is NCCOc1ccccc1.O=C(Cl)c1cnn(-c2ccccc2)c1C(F)(F)F. The molecule has 3 rings (SSSR count). The molecule has 148 valence electrons. The van der Waals surface area contributed by atoms with Gasteiger partial charge >= 0.3 is 6.18 Å². The number of carbonyl (C=O) groups excluding carboxylic acids is 1. The van der Waals surface area contributed by atoms with Gasteiger partial charge in [0.25, 0.3) is 5.24 Å². The number of hydrogen-bond acceptors (Lipinski definition) is 4. The fourth-order valence-electron chi connectivity index (χ4n) is 2.22. The molecule has 0 saturated heterocycles. The lowest BCUT2D eigenvalue weighted by molar-refractivity contribution is -0.143. The quantitative estimate of drug-likeness (QED) is 0.636. The number of carbonyl (C=O) groups is 1. The van der Waals surface area contributed by atoms with Gasteiger partial charge in [0, 0.05) is 6.54 Å². The smallest absolute Gasteiger partial charge is 0.434 e. The lowest BCUT2D eigenvalue weighted by atomic mass is 10.2. The van der Waals surface area contributed by atoms with E-state index in [1.54, 1.807) is 18.2 Å². The molecule has 3 aromatic rings. The molecule has 2 aromatic carbocycles. The van der Waals surface area contributed by atoms with Crippen LogP contribution in [-0.2, 0) is 6.18 Å². The number of rotatable bonds is 5. The number of alkyl halides is 3. The van der Waals surface area contributed by atoms with Crippen LogP contribution in [0.5, 0.6) is 5.75 Å². The molecule has 0 atom stereocenters. The number of halogens is 4. The Hall–Kier alpha value is -2.84. The van der Waals surface area contributed by atoms with Crippen LogP contribution >= 0.6 is 11.6 Å². The molecule has 0 aliphatic heterocycles. The Kier molecular flexibility index (Phi) is 7.60. The molecule has 0 spiro atoms. The zero-order valence-electron chi connectivity index (χ0n) is 14.6. The van der Waals surface area contributed by atoms with Crippen molar-refractivity contribution in [2.24, 2.45) is 5.73 Å². The number of ether oxygens (including phenoxy) is 1. The molecule has 0 bridgehead atoms. The van der Waals surface area contributed by atoms with E-state index in [4.69, 9.17) is 22.1 Å². The van der Waals surface area contributed by atoms with Crippen molar-refractivity contribution in [1.82, 2.24) is 9.78 Å². The number of para-hydroxylation sites is 2. The molecule has 0 aliphatic rings. The number of hydrogen-bond donors (Lipinski definition) is 1. The van der Waals surface area contributed by atoms with Crippen LogP contribution < -0.4 is 10.5 Å². The van der Waals surface area contributed by atoms with Gasteiger partial charge in [-0.1, -0.05) is 36.4 Å². The lowest BCUT2D eigenvalue weighted by Crippen LogP contribution is -2.16. The second-order valence-corrected chi connectivity index (χ2v) is 5.72. The van der Waals surface area contributed by atoms with Gasteiger partial charge in [-0.3, -0.25) is 4.79 Å². The standard InChI is InChI=1S/C11H6ClF3N2O.C8H11NO/c12-10(18)8-6-16-17(9(8)11(13,14)15)7-4-2-1-3-5-7;9-6-7-10-8-4-2-1-3-5-8/h1-6H;1-5H,6-7,9H2. The minimum atomic E-state index is -4.72. The van der Waals surface area contributed by atoms with Crippen LogP contribution in [0.25, 0.3) is 5.69 Å². The molecule has 1 heterocycles. The summed E-state index contributed by atoms with van der Waals surface area (Å²) in [6, 6.07) is 17.3. The summed E-state index contributed by atoms with van der Waals surface area (Å²) in [5.74, 6) is 0.882. The second kappa shape index (κ2) is 9.91. The third-order valence-corrected chi connectivity index (χ3v) is 3.58. The van der Waals surface area contributed by atoms with Gasteiger partial charge in [-0.2, -0.15) is 18.3 Å². The third kappa shape index (κ3) is 5.83. The second-order valence-electron chi connectivity index (χ2n) is 5.38. The molecule has 9 heteroatoms. The van der Waals surface area contributed by atoms with Crippen LogP contribution in [0.15, 0.2) is 66.9 Å². The maximum atomic E-state index is 12.9. The highest BCUT2D eigenvalue weighted by atomic mass is 35.5. The van der Waals surface area contributed by atoms with E-state index in [1.165, 1.54) is 12.1 Å². The first-order valence-corrected chi connectivity index (χ1v) is 8.50. The molecule has 1 aromatic heterocycles. The fraction of sp³-hybridized carbons (Fsp3) is 0.158. The van der Waals surface area contributed by atoms with Gasteiger partial charge in [0.1, 0.15) is 12.4 Å². The van der Waals surface area contributed by atoms with Gasteiger partial charge in [-0.15, -0.1) is 0 Å². The summed E-state index contributed by atoms with van der Waals surface area (Å²) in [5, 5.41) is 2.38. The van der Waals surface area contributed by atoms with Crippen LogP contribution in [-0.4, -0.2) is 28.2 Å². The van der Waals surface area contributed by atoms with E-state index < -0.39 is 22.7 Å². The number of nitrogens with zero attached hydrogens (tertiary/aromatic N) is 2. The molecular weight excluding hydrogens is 395 g/mol. The van der Waals surface area contributed by atoms with Crippen molar-refractivity contribution in [3.63, 3.8) is 0 Å². The van der Waals surface area contributed by atoms with Crippen LogP contribution in [0.3, 0.4) is 0 Å². The molecule has 28 heavy (non-hydrogen) atoms. The summed E-state index contributed by atoms with van der Waals surface area (Å²) in [6.45, 7) is 1.15. The summed E-state index contributed by atoms with van der Waals surface area (Å²) < 4.78 is 44.6. The third-order valence-electron chi connectivity index (χ3n) is 3.38. The van der Waals surface area contributed by atoms with Crippen LogP contribution in [0.4, 0.5) is 13.2 Å². The van der Waals surface area contributed by atoms with Crippen molar-refractivity contribution in [3.8, 4) is 11.4 Å². The zero-order chi connectivity index (χ0) is 20.6. The molecule has 5 nitrogen and oxygen atoms in total. The average molecular weight is 412 g/mol. The fourth-order valence-corrected chi connectivity index (χ4v) is 2.36. The Morgan fingerprint density at radius 1 is 1.07 bits per heavy atom. The van der Waals surface area contributed by atoms with Gasteiger partial charge in [0.05, 0.1) is 17.4 Å². The summed E-state index contributed by atoms with van der Waals surface area (Å²) in [4.78, 5) is 11.0. The topological polar surface area (TPSA) is 70.1 Å². The summed E-state index contributed by atoms with van der Waals surface area (Å²) in [6.07, 6.45) is -3.91. The van der Waals surface area contributed by atoms with Crippen molar-refractivity contribution >= 4 is 16.8 Å². The first kappa shape index (κ1) is 21.5. The molecule has 0 saturated carbocycles. The summed E-state index contributed by atoms with van der Waals surface area (Å²) in [5.41, 5.74) is 3.62. The van der Waals surface area contributed by atoms with Crippen LogP contribution in [0.2, 0.25) is 0 Å². The van der Waals surface area contributed by atoms with Gasteiger partial charge in [-0.25, -0.2) is 4.68 Å². The Labute approximate surface area is 164 Å². The van der Waals surface area contributed by atoms with Crippen molar-refractivity contribution in [2.75, 3.05) is 13.2 Å². The molecule has 2 N–H and O–H groups in total. The highest BCUT2D eigenvalue weighted by Crippen LogP contribution is 2.34. The predicted octanol–water partition coefficient (Wildman–Crippen LogP) is 4.29. The Balaban J connectivity index is 0.000000237. The van der Waals surface area contributed by atoms with E-state index in [-0.39, 0.29) is 5.69 Å². The Bertz CT molecular complexity index is 884. The maximum Gasteiger partial charge on any atom is 0.434 e. The number of aromatic nitrogens is 2. The average Bonchev–Trinajstić information content (AvgIpc) is 3.14. The monoisotopic (exact) mass is 411 g/mol. The van der Waals surface area contributed by atoms with Gasteiger partial charge in [0.2, 0.25) is 0 Å². The molecule has 0 radical (unpaired) electrons. The van der Waals surface area contributed by atoms with Crippen molar-refractivity contribution < 1.29 is 22.7 Å². The van der Waals surface area contributed by atoms with Crippen molar-refractivity contribution in [1.29, 1.82) is 0 Å². The first-order valence-electron chi connectivity index (χ1n) is 8.13. The summed E-state index contributed by atoms with van der Waals surface area (Å²) >= 11 is 5.12. The van der Waals surface area contributed by atoms with Crippen molar-refractivity contribution in [3.05, 3.63) is 78.1 Å². The molecule has 0 unspecified atom stereocenters. The molecule has 0 amide bonds. The number of benzene rings is 2. The maximum absolute atomic E-state index is 12.9.